The molecule has 1 saturated heterocycles. The lowest BCUT2D eigenvalue weighted by Crippen LogP contribution is -2.44. The van der Waals surface area contributed by atoms with E-state index in [1.165, 1.54) is 12.8 Å². The molecular formula is C27H36N4O5. The van der Waals surface area contributed by atoms with Crippen LogP contribution in [0, 0.1) is 5.92 Å². The number of nitrogens with zero attached hydrogens (tertiary/aromatic N) is 3. The molecule has 194 valence electrons. The van der Waals surface area contributed by atoms with Crippen LogP contribution >= 0.6 is 0 Å². The van der Waals surface area contributed by atoms with Crippen LogP contribution in [0.3, 0.4) is 0 Å². The topological polar surface area (TPSA) is 89.7 Å². The fourth-order valence-electron chi connectivity index (χ4n) is 4.96. The van der Waals surface area contributed by atoms with Crippen molar-refractivity contribution >= 4 is 11.2 Å². The first kappa shape index (κ1) is 24.8. The minimum absolute atomic E-state index is 0.102. The van der Waals surface area contributed by atoms with E-state index >= 15 is 0 Å². The summed E-state index contributed by atoms with van der Waals surface area (Å²) in [5, 5.41) is 17.1. The lowest BCUT2D eigenvalue weighted by Gasteiger charge is -2.32. The molecule has 0 unspecified atom stereocenters. The van der Waals surface area contributed by atoms with Crippen molar-refractivity contribution in [1.82, 2.24) is 15.0 Å². The van der Waals surface area contributed by atoms with Gasteiger partial charge < -0.3 is 29.1 Å². The van der Waals surface area contributed by atoms with E-state index in [1.807, 2.05) is 28.8 Å². The van der Waals surface area contributed by atoms with Gasteiger partial charge in [-0.05, 0) is 61.4 Å². The molecule has 1 saturated carbocycles. The van der Waals surface area contributed by atoms with E-state index in [9.17, 15) is 5.11 Å². The number of benzene rings is 1. The van der Waals surface area contributed by atoms with Gasteiger partial charge in [0.1, 0.15) is 22.9 Å². The summed E-state index contributed by atoms with van der Waals surface area (Å²) >= 11 is 0. The Kier molecular flexibility index (Phi) is 7.62. The van der Waals surface area contributed by atoms with Gasteiger partial charge >= 0.3 is 0 Å². The van der Waals surface area contributed by atoms with Crippen molar-refractivity contribution in [3.63, 3.8) is 0 Å². The third-order valence-electron chi connectivity index (χ3n) is 6.95. The summed E-state index contributed by atoms with van der Waals surface area (Å²) in [5.41, 5.74) is 9.00. The maximum absolute atomic E-state index is 9.72. The van der Waals surface area contributed by atoms with Gasteiger partial charge in [-0.3, -0.25) is 0 Å². The standard InChI is InChI=1S/C27H36N4O5/c1-33-17-21-27(30(28-20-7-8-20)15-18-9-11-36-12-10-18)23-6-4-5-22(31(23)29-21)26-24(34-2)13-19(16-32)14-25(26)35-3/h4-6,13-14,18,20,28,32H,7-12,15-17H2,1-3H3. The van der Waals surface area contributed by atoms with Crippen LogP contribution in [0.1, 0.15) is 36.9 Å². The number of hydrogen-bond donors (Lipinski definition) is 2. The molecule has 2 aromatic heterocycles. The molecule has 0 radical (unpaired) electrons. The van der Waals surface area contributed by atoms with Crippen LogP contribution in [0.4, 0.5) is 5.69 Å². The number of fused-ring (bicyclic) bond motifs is 1. The molecule has 3 heterocycles. The van der Waals surface area contributed by atoms with Crippen molar-refractivity contribution in [1.29, 1.82) is 0 Å². The van der Waals surface area contributed by atoms with Gasteiger partial charge in [0.05, 0.1) is 44.2 Å². The first-order valence-corrected chi connectivity index (χ1v) is 12.6. The summed E-state index contributed by atoms with van der Waals surface area (Å²) in [6, 6.07) is 10.3. The Morgan fingerprint density at radius 3 is 2.42 bits per heavy atom. The number of aliphatic hydroxyl groups is 1. The van der Waals surface area contributed by atoms with E-state index in [4.69, 9.17) is 24.0 Å². The summed E-state index contributed by atoms with van der Waals surface area (Å²) in [5.74, 6) is 1.78. The van der Waals surface area contributed by atoms with Crippen LogP contribution in [0.25, 0.3) is 16.8 Å². The second-order valence-electron chi connectivity index (χ2n) is 9.54. The van der Waals surface area contributed by atoms with Gasteiger partial charge in [-0.25, -0.2) is 9.94 Å². The second kappa shape index (κ2) is 11.0. The number of nitrogens with one attached hydrogen (secondary N) is 1. The number of anilines is 1. The van der Waals surface area contributed by atoms with Gasteiger partial charge in [0.15, 0.2) is 0 Å². The van der Waals surface area contributed by atoms with Gasteiger partial charge in [-0.2, -0.15) is 5.10 Å². The summed E-state index contributed by atoms with van der Waals surface area (Å²) in [6.45, 7) is 2.81. The van der Waals surface area contributed by atoms with Crippen LogP contribution < -0.4 is 19.9 Å². The molecule has 3 aromatic rings. The zero-order valence-electron chi connectivity index (χ0n) is 21.3. The third kappa shape index (κ3) is 5.01. The number of aromatic nitrogens is 2. The van der Waals surface area contributed by atoms with Crippen molar-refractivity contribution in [2.45, 2.75) is 44.9 Å². The fraction of sp³-hybridized carbons (Fsp3) is 0.519. The maximum Gasteiger partial charge on any atom is 0.132 e. The van der Waals surface area contributed by atoms with E-state index < -0.39 is 0 Å². The SMILES string of the molecule is COCc1nn2c(-c3c(OC)cc(CO)cc3OC)cccc2c1N(CC1CCOCC1)NC1CC1. The van der Waals surface area contributed by atoms with Crippen LogP contribution in [-0.4, -0.2) is 61.9 Å². The Morgan fingerprint density at radius 2 is 1.81 bits per heavy atom. The second-order valence-corrected chi connectivity index (χ2v) is 9.54. The van der Waals surface area contributed by atoms with Crippen molar-refractivity contribution < 1.29 is 24.1 Å². The van der Waals surface area contributed by atoms with Gasteiger partial charge in [0.25, 0.3) is 0 Å². The molecule has 5 rings (SSSR count). The average Bonchev–Trinajstić information content (AvgIpc) is 3.66. The highest BCUT2D eigenvalue weighted by molar-refractivity contribution is 5.82. The van der Waals surface area contributed by atoms with Crippen molar-refractivity contribution in [3.05, 3.63) is 41.6 Å². The molecule has 1 aliphatic heterocycles. The Hall–Kier alpha value is -2.85. The summed E-state index contributed by atoms with van der Waals surface area (Å²) in [4.78, 5) is 0. The molecule has 1 aliphatic carbocycles. The summed E-state index contributed by atoms with van der Waals surface area (Å²) < 4.78 is 24.6. The lowest BCUT2D eigenvalue weighted by molar-refractivity contribution is 0.0675. The highest BCUT2D eigenvalue weighted by atomic mass is 16.5. The number of pyridine rings is 1. The van der Waals surface area contributed by atoms with Crippen molar-refractivity contribution in [2.24, 2.45) is 5.92 Å². The molecule has 0 bridgehead atoms. The van der Waals surface area contributed by atoms with E-state index in [0.717, 1.165) is 66.3 Å². The minimum Gasteiger partial charge on any atom is -0.496 e. The molecule has 1 aromatic carbocycles. The van der Waals surface area contributed by atoms with E-state index in [-0.39, 0.29) is 6.61 Å². The molecule has 9 nitrogen and oxygen atoms in total. The van der Waals surface area contributed by atoms with Crippen LogP contribution in [0.2, 0.25) is 0 Å². The monoisotopic (exact) mass is 496 g/mol. The van der Waals surface area contributed by atoms with Crippen LogP contribution in [0.15, 0.2) is 30.3 Å². The number of rotatable bonds is 11. The largest absolute Gasteiger partial charge is 0.496 e. The predicted molar refractivity (Wildman–Crippen MR) is 137 cm³/mol. The third-order valence-corrected chi connectivity index (χ3v) is 6.95. The number of ether oxygens (including phenoxy) is 4. The highest BCUT2D eigenvalue weighted by Crippen LogP contribution is 2.41. The van der Waals surface area contributed by atoms with E-state index in [0.29, 0.717) is 30.1 Å². The Morgan fingerprint density at radius 1 is 1.08 bits per heavy atom. The first-order valence-electron chi connectivity index (χ1n) is 12.6. The average molecular weight is 497 g/mol. The molecule has 0 atom stereocenters. The molecule has 9 heteroatoms. The van der Waals surface area contributed by atoms with E-state index in [2.05, 4.69) is 16.5 Å². The molecule has 36 heavy (non-hydrogen) atoms. The molecule has 0 spiro atoms. The van der Waals surface area contributed by atoms with Gasteiger partial charge in [0, 0.05) is 32.9 Å². The molecule has 2 aliphatic rings. The zero-order chi connectivity index (χ0) is 25.1. The van der Waals surface area contributed by atoms with E-state index in [1.54, 1.807) is 21.3 Å². The molecular weight excluding hydrogens is 460 g/mol. The fourth-order valence-corrected chi connectivity index (χ4v) is 4.96. The predicted octanol–water partition coefficient (Wildman–Crippen LogP) is 3.56. The smallest absolute Gasteiger partial charge is 0.132 e. The molecule has 2 N–H and O–H groups in total. The van der Waals surface area contributed by atoms with Gasteiger partial charge in [0.2, 0.25) is 0 Å². The number of hydrogen-bond acceptors (Lipinski definition) is 8. The molecule has 2 fully saturated rings. The lowest BCUT2D eigenvalue weighted by atomic mass is 10.00. The number of aliphatic hydroxyl groups excluding tert-OH is 1. The summed E-state index contributed by atoms with van der Waals surface area (Å²) in [7, 11) is 4.95. The maximum atomic E-state index is 9.72. The van der Waals surface area contributed by atoms with Gasteiger partial charge in [-0.1, -0.05) is 6.07 Å². The van der Waals surface area contributed by atoms with Crippen LogP contribution in [-0.2, 0) is 22.7 Å². The van der Waals surface area contributed by atoms with Crippen LogP contribution in [0.5, 0.6) is 11.5 Å². The highest BCUT2D eigenvalue weighted by Gasteiger charge is 2.30. The minimum atomic E-state index is -0.102. The number of hydrazine groups is 1. The normalized spacial score (nSPS) is 16.4. The summed E-state index contributed by atoms with van der Waals surface area (Å²) in [6.07, 6.45) is 4.47. The first-order chi connectivity index (χ1) is 17.7. The Labute approximate surface area is 211 Å². The Balaban J connectivity index is 1.65. The van der Waals surface area contributed by atoms with Crippen molar-refractivity contribution in [2.75, 3.05) is 46.1 Å². The zero-order valence-corrected chi connectivity index (χ0v) is 21.3. The molecule has 0 amide bonds. The van der Waals surface area contributed by atoms with Crippen molar-refractivity contribution in [3.8, 4) is 22.8 Å². The quantitative estimate of drug-likeness (QED) is 0.390. The Bertz CT molecular complexity index is 1160. The number of methoxy groups -OCH3 is 3. The van der Waals surface area contributed by atoms with Gasteiger partial charge in [-0.15, -0.1) is 0 Å².